The minimum absolute atomic E-state index is 0. The monoisotopic (exact) mass is 464 g/mol. The lowest BCUT2D eigenvalue weighted by Crippen LogP contribution is -2.51. The van der Waals surface area contributed by atoms with Crippen LogP contribution in [0, 0.1) is 5.92 Å². The van der Waals surface area contributed by atoms with Gasteiger partial charge in [-0.15, -0.1) is 35.3 Å². The number of rotatable bonds is 4. The van der Waals surface area contributed by atoms with Gasteiger partial charge in [0.05, 0.1) is 0 Å². The second kappa shape index (κ2) is 9.76. The van der Waals surface area contributed by atoms with E-state index in [2.05, 4.69) is 31.7 Å². The maximum absolute atomic E-state index is 6.19. The normalized spacial score (nSPS) is 21.0. The molecule has 0 bridgehead atoms. The number of nitrogens with zero attached hydrogens (tertiary/aromatic N) is 5. The Morgan fingerprint density at radius 1 is 1.25 bits per heavy atom. The first-order valence-corrected chi connectivity index (χ1v) is 9.48. The second-order valence-electron chi connectivity index (χ2n) is 6.56. The first-order valence-electron chi connectivity index (χ1n) is 8.60. The maximum atomic E-state index is 6.19. The van der Waals surface area contributed by atoms with Crippen molar-refractivity contribution < 1.29 is 0 Å². The summed E-state index contributed by atoms with van der Waals surface area (Å²) in [4.78, 5) is 15.9. The standard InChI is InChI=1S/C16H28N6S.HI/c1-20-7-3-14(4-8-20)2-5-18-15(17)21-9-11-22(12-10-21)16-19-6-13-23-16;/h6,13-14H,2-5,7-12H2,1H3,(H2,17,18);1H. The number of anilines is 1. The molecular formula is C16H29IN6S. The number of halogens is 1. The molecule has 3 heterocycles. The summed E-state index contributed by atoms with van der Waals surface area (Å²) in [7, 11) is 2.21. The molecule has 0 radical (unpaired) electrons. The van der Waals surface area contributed by atoms with Gasteiger partial charge < -0.3 is 20.4 Å². The van der Waals surface area contributed by atoms with Crippen LogP contribution in [0.3, 0.4) is 0 Å². The number of guanidine groups is 1. The summed E-state index contributed by atoms with van der Waals surface area (Å²) >= 11 is 1.70. The lowest BCUT2D eigenvalue weighted by molar-refractivity contribution is 0.214. The van der Waals surface area contributed by atoms with Crippen LogP contribution in [-0.4, -0.2) is 73.6 Å². The molecule has 0 atom stereocenters. The molecule has 0 aromatic carbocycles. The molecule has 2 N–H and O–H groups in total. The number of hydrogen-bond donors (Lipinski definition) is 1. The molecule has 1 aromatic heterocycles. The predicted octanol–water partition coefficient (Wildman–Crippen LogP) is 1.93. The average Bonchev–Trinajstić information content (AvgIpc) is 3.11. The number of nitrogens with two attached hydrogens (primary N) is 1. The molecule has 2 aliphatic heterocycles. The Morgan fingerprint density at radius 2 is 1.96 bits per heavy atom. The van der Waals surface area contributed by atoms with E-state index < -0.39 is 0 Å². The third-order valence-electron chi connectivity index (χ3n) is 4.94. The van der Waals surface area contributed by atoms with Crippen molar-refractivity contribution in [3.63, 3.8) is 0 Å². The summed E-state index contributed by atoms with van der Waals surface area (Å²) in [5, 5.41) is 3.14. The fourth-order valence-electron chi connectivity index (χ4n) is 3.31. The van der Waals surface area contributed by atoms with Crippen molar-refractivity contribution in [3.05, 3.63) is 11.6 Å². The van der Waals surface area contributed by atoms with Crippen molar-refractivity contribution >= 4 is 46.4 Å². The first kappa shape index (κ1) is 19.7. The molecule has 0 unspecified atom stereocenters. The number of piperazine rings is 1. The van der Waals surface area contributed by atoms with Crippen molar-refractivity contribution in [1.29, 1.82) is 0 Å². The summed E-state index contributed by atoms with van der Waals surface area (Å²) < 4.78 is 0. The Morgan fingerprint density at radius 3 is 2.58 bits per heavy atom. The van der Waals surface area contributed by atoms with Crippen LogP contribution in [0.2, 0.25) is 0 Å². The Hall–Kier alpha value is -0.610. The molecule has 24 heavy (non-hydrogen) atoms. The number of piperidine rings is 1. The molecule has 2 aliphatic rings. The van der Waals surface area contributed by atoms with Gasteiger partial charge in [0.25, 0.3) is 0 Å². The molecule has 2 fully saturated rings. The van der Waals surface area contributed by atoms with Crippen LogP contribution in [0.25, 0.3) is 0 Å². The fraction of sp³-hybridized carbons (Fsp3) is 0.750. The quantitative estimate of drug-likeness (QED) is 0.419. The highest BCUT2D eigenvalue weighted by molar-refractivity contribution is 14.0. The Bertz CT molecular complexity index is 493. The van der Waals surface area contributed by atoms with Gasteiger partial charge in [0, 0.05) is 44.3 Å². The maximum Gasteiger partial charge on any atom is 0.191 e. The number of aliphatic imine (C=N–C) groups is 1. The van der Waals surface area contributed by atoms with Crippen LogP contribution < -0.4 is 10.6 Å². The molecule has 1 aromatic rings. The Balaban J connectivity index is 0.00000208. The van der Waals surface area contributed by atoms with Crippen LogP contribution in [-0.2, 0) is 0 Å². The van der Waals surface area contributed by atoms with Gasteiger partial charge in [-0.25, -0.2) is 4.98 Å². The van der Waals surface area contributed by atoms with E-state index in [0.717, 1.165) is 49.7 Å². The van der Waals surface area contributed by atoms with Crippen molar-refractivity contribution in [3.8, 4) is 0 Å². The topological polar surface area (TPSA) is 61.0 Å². The molecule has 8 heteroatoms. The van der Waals surface area contributed by atoms with Crippen LogP contribution in [0.5, 0.6) is 0 Å². The van der Waals surface area contributed by atoms with E-state index in [0.29, 0.717) is 0 Å². The van der Waals surface area contributed by atoms with Crippen molar-refractivity contribution in [2.24, 2.45) is 16.6 Å². The van der Waals surface area contributed by atoms with Gasteiger partial charge in [-0.2, -0.15) is 0 Å². The molecule has 0 aliphatic carbocycles. The van der Waals surface area contributed by atoms with Gasteiger partial charge in [0.15, 0.2) is 11.1 Å². The summed E-state index contributed by atoms with van der Waals surface area (Å²) in [6, 6.07) is 0. The SMILES string of the molecule is CN1CCC(CCN=C(N)N2CCN(c3nccs3)CC2)CC1.I. The summed E-state index contributed by atoms with van der Waals surface area (Å²) in [6.45, 7) is 7.13. The van der Waals surface area contributed by atoms with Gasteiger partial charge in [-0.05, 0) is 45.3 Å². The average molecular weight is 464 g/mol. The molecule has 6 nitrogen and oxygen atoms in total. The smallest absolute Gasteiger partial charge is 0.191 e. The number of hydrogen-bond acceptors (Lipinski definition) is 5. The third-order valence-corrected chi connectivity index (χ3v) is 5.77. The molecule has 0 spiro atoms. The zero-order valence-electron chi connectivity index (χ0n) is 14.4. The lowest BCUT2D eigenvalue weighted by Gasteiger charge is -2.35. The lowest BCUT2D eigenvalue weighted by atomic mass is 9.94. The van der Waals surface area contributed by atoms with E-state index in [4.69, 9.17) is 5.73 Å². The second-order valence-corrected chi connectivity index (χ2v) is 7.44. The minimum Gasteiger partial charge on any atom is -0.370 e. The van der Waals surface area contributed by atoms with Gasteiger partial charge in [0.1, 0.15) is 0 Å². The molecule has 136 valence electrons. The largest absolute Gasteiger partial charge is 0.370 e. The van der Waals surface area contributed by atoms with E-state index in [1.807, 2.05) is 11.6 Å². The Labute approximate surface area is 166 Å². The van der Waals surface area contributed by atoms with Crippen molar-refractivity contribution in [1.82, 2.24) is 14.8 Å². The highest BCUT2D eigenvalue weighted by atomic mass is 127. The molecule has 0 saturated carbocycles. The van der Waals surface area contributed by atoms with E-state index in [1.54, 1.807) is 11.3 Å². The van der Waals surface area contributed by atoms with Gasteiger partial charge in [-0.1, -0.05) is 0 Å². The van der Waals surface area contributed by atoms with Crippen LogP contribution >= 0.6 is 35.3 Å². The van der Waals surface area contributed by atoms with Crippen LogP contribution in [0.15, 0.2) is 16.6 Å². The number of thiazole rings is 1. The van der Waals surface area contributed by atoms with Crippen LogP contribution in [0.4, 0.5) is 5.13 Å². The van der Waals surface area contributed by atoms with Crippen molar-refractivity contribution in [2.45, 2.75) is 19.3 Å². The predicted molar refractivity (Wildman–Crippen MR) is 113 cm³/mol. The van der Waals surface area contributed by atoms with E-state index >= 15 is 0 Å². The highest BCUT2D eigenvalue weighted by Gasteiger charge is 2.20. The van der Waals surface area contributed by atoms with Crippen molar-refractivity contribution in [2.75, 3.05) is 57.8 Å². The third kappa shape index (κ3) is 5.45. The molecule has 0 amide bonds. The van der Waals surface area contributed by atoms with Gasteiger partial charge >= 0.3 is 0 Å². The van der Waals surface area contributed by atoms with Crippen LogP contribution in [0.1, 0.15) is 19.3 Å². The van der Waals surface area contributed by atoms with E-state index in [9.17, 15) is 0 Å². The highest BCUT2D eigenvalue weighted by Crippen LogP contribution is 2.20. The first-order chi connectivity index (χ1) is 11.2. The number of likely N-dealkylation sites (tertiary alicyclic amines) is 1. The summed E-state index contributed by atoms with van der Waals surface area (Å²) in [5.74, 6) is 1.54. The Kier molecular flexibility index (Phi) is 8.02. The molecular weight excluding hydrogens is 435 g/mol. The summed E-state index contributed by atoms with van der Waals surface area (Å²) in [6.07, 6.45) is 5.65. The zero-order valence-corrected chi connectivity index (χ0v) is 17.6. The fourth-order valence-corrected chi connectivity index (χ4v) is 4.01. The number of aromatic nitrogens is 1. The molecule has 2 saturated heterocycles. The summed E-state index contributed by atoms with van der Waals surface area (Å²) in [5.41, 5.74) is 6.19. The van der Waals surface area contributed by atoms with Gasteiger partial charge in [-0.3, -0.25) is 4.99 Å². The molecule has 3 rings (SSSR count). The van der Waals surface area contributed by atoms with Gasteiger partial charge in [0.2, 0.25) is 0 Å². The zero-order chi connectivity index (χ0) is 16.1. The minimum atomic E-state index is 0. The van der Waals surface area contributed by atoms with E-state index in [1.165, 1.54) is 32.4 Å². The van der Waals surface area contributed by atoms with E-state index in [-0.39, 0.29) is 24.0 Å².